The summed E-state index contributed by atoms with van der Waals surface area (Å²) in [6, 6.07) is 9.91. The number of benzene rings is 1. The predicted octanol–water partition coefficient (Wildman–Crippen LogP) is 2.13. The molecule has 0 aliphatic heterocycles. The van der Waals surface area contributed by atoms with Crippen LogP contribution in [0.15, 0.2) is 36.5 Å². The van der Waals surface area contributed by atoms with E-state index in [0.29, 0.717) is 0 Å². The Labute approximate surface area is 89.3 Å². The van der Waals surface area contributed by atoms with Gasteiger partial charge in [-0.25, -0.2) is 0 Å². The topological polar surface area (TPSA) is 24.9 Å². The second kappa shape index (κ2) is 4.12. The maximum atomic E-state index is 5.47. The lowest BCUT2D eigenvalue weighted by molar-refractivity contribution is 0.742. The molecule has 0 saturated heterocycles. The van der Waals surface area contributed by atoms with Crippen LogP contribution in [0.5, 0.6) is 0 Å². The van der Waals surface area contributed by atoms with Crippen LogP contribution in [0.3, 0.4) is 0 Å². The smallest absolute Gasteiger partial charge is 0.0947 e. The Kier molecular flexibility index (Phi) is 2.66. The SMILES string of the molecule is C#CC(NC)c1cccc2ncccc12. The van der Waals surface area contributed by atoms with E-state index in [-0.39, 0.29) is 6.04 Å². The molecule has 0 bridgehead atoms. The number of nitrogens with zero attached hydrogens (tertiary/aromatic N) is 1. The van der Waals surface area contributed by atoms with Gasteiger partial charge in [0.1, 0.15) is 0 Å². The first-order chi connectivity index (χ1) is 7.36. The number of pyridine rings is 1. The van der Waals surface area contributed by atoms with Gasteiger partial charge in [0.2, 0.25) is 0 Å². The first-order valence-corrected chi connectivity index (χ1v) is 4.84. The van der Waals surface area contributed by atoms with Gasteiger partial charge in [-0.3, -0.25) is 4.98 Å². The average molecular weight is 196 g/mol. The Morgan fingerprint density at radius 1 is 1.33 bits per heavy atom. The number of hydrogen-bond acceptors (Lipinski definition) is 2. The standard InChI is InChI=1S/C13H12N2/c1-3-12(14-2)10-6-4-8-13-11(10)7-5-9-15-13/h1,4-9,12,14H,2H3. The summed E-state index contributed by atoms with van der Waals surface area (Å²) in [7, 11) is 1.86. The molecule has 0 radical (unpaired) electrons. The van der Waals surface area contributed by atoms with Crippen LogP contribution >= 0.6 is 0 Å². The highest BCUT2D eigenvalue weighted by Crippen LogP contribution is 2.21. The van der Waals surface area contributed by atoms with E-state index >= 15 is 0 Å². The average Bonchev–Trinajstić information content (AvgIpc) is 2.31. The zero-order valence-corrected chi connectivity index (χ0v) is 8.57. The van der Waals surface area contributed by atoms with Gasteiger partial charge in [0, 0.05) is 11.6 Å². The van der Waals surface area contributed by atoms with E-state index in [1.165, 1.54) is 0 Å². The lowest BCUT2D eigenvalue weighted by Gasteiger charge is -2.12. The van der Waals surface area contributed by atoms with Crippen molar-refractivity contribution in [3.05, 3.63) is 42.1 Å². The minimum atomic E-state index is -0.0575. The highest BCUT2D eigenvalue weighted by molar-refractivity contribution is 5.82. The maximum absolute atomic E-state index is 5.47. The van der Waals surface area contributed by atoms with Gasteiger partial charge in [0.15, 0.2) is 0 Å². The van der Waals surface area contributed by atoms with Crippen molar-refractivity contribution in [3.8, 4) is 12.3 Å². The van der Waals surface area contributed by atoms with Crippen molar-refractivity contribution in [1.82, 2.24) is 10.3 Å². The molecule has 1 aromatic heterocycles. The first kappa shape index (κ1) is 9.70. The van der Waals surface area contributed by atoms with Crippen molar-refractivity contribution >= 4 is 10.9 Å². The zero-order chi connectivity index (χ0) is 10.7. The second-order valence-corrected chi connectivity index (χ2v) is 3.31. The third-order valence-electron chi connectivity index (χ3n) is 2.45. The predicted molar refractivity (Wildman–Crippen MR) is 62.4 cm³/mol. The molecule has 74 valence electrons. The van der Waals surface area contributed by atoms with E-state index in [4.69, 9.17) is 6.42 Å². The normalized spacial score (nSPS) is 12.3. The van der Waals surface area contributed by atoms with Crippen molar-refractivity contribution in [2.45, 2.75) is 6.04 Å². The fraction of sp³-hybridized carbons (Fsp3) is 0.154. The van der Waals surface area contributed by atoms with Gasteiger partial charge >= 0.3 is 0 Å². The lowest BCUT2D eigenvalue weighted by Crippen LogP contribution is -2.14. The van der Waals surface area contributed by atoms with E-state index in [1.54, 1.807) is 6.20 Å². The number of aromatic nitrogens is 1. The molecule has 1 aromatic carbocycles. The Bertz CT molecular complexity index is 506. The molecule has 2 heteroatoms. The molecule has 0 spiro atoms. The molecule has 1 unspecified atom stereocenters. The third-order valence-corrected chi connectivity index (χ3v) is 2.45. The van der Waals surface area contributed by atoms with Crippen LogP contribution in [-0.2, 0) is 0 Å². The zero-order valence-electron chi connectivity index (χ0n) is 8.57. The molecular formula is C13H12N2. The van der Waals surface area contributed by atoms with Gasteiger partial charge in [-0.1, -0.05) is 24.1 Å². The Morgan fingerprint density at radius 2 is 2.20 bits per heavy atom. The summed E-state index contributed by atoms with van der Waals surface area (Å²) in [6.45, 7) is 0. The van der Waals surface area contributed by atoms with Gasteiger partial charge in [-0.2, -0.15) is 0 Å². The van der Waals surface area contributed by atoms with E-state index < -0.39 is 0 Å². The van der Waals surface area contributed by atoms with Crippen LogP contribution in [0.4, 0.5) is 0 Å². The van der Waals surface area contributed by atoms with Gasteiger partial charge in [0.25, 0.3) is 0 Å². The summed E-state index contributed by atoms with van der Waals surface area (Å²) in [4.78, 5) is 4.30. The van der Waals surface area contributed by atoms with E-state index in [2.05, 4.69) is 16.2 Å². The minimum absolute atomic E-state index is 0.0575. The van der Waals surface area contributed by atoms with Gasteiger partial charge in [-0.05, 0) is 24.7 Å². The van der Waals surface area contributed by atoms with Crippen LogP contribution in [0.2, 0.25) is 0 Å². The van der Waals surface area contributed by atoms with Gasteiger partial charge in [0.05, 0.1) is 11.6 Å². The van der Waals surface area contributed by atoms with Gasteiger partial charge in [-0.15, -0.1) is 6.42 Å². The van der Waals surface area contributed by atoms with Crippen molar-refractivity contribution < 1.29 is 0 Å². The Morgan fingerprint density at radius 3 is 2.93 bits per heavy atom. The molecule has 0 amide bonds. The maximum Gasteiger partial charge on any atom is 0.0947 e. The number of hydrogen-bond donors (Lipinski definition) is 1. The van der Waals surface area contributed by atoms with Crippen LogP contribution in [0.1, 0.15) is 11.6 Å². The van der Waals surface area contributed by atoms with Crippen LogP contribution in [0, 0.1) is 12.3 Å². The van der Waals surface area contributed by atoms with Crippen molar-refractivity contribution in [3.63, 3.8) is 0 Å². The highest BCUT2D eigenvalue weighted by atomic mass is 14.9. The number of nitrogens with one attached hydrogen (secondary N) is 1. The number of rotatable bonds is 2. The van der Waals surface area contributed by atoms with E-state index in [0.717, 1.165) is 16.5 Å². The molecule has 2 nitrogen and oxygen atoms in total. The van der Waals surface area contributed by atoms with E-state index in [9.17, 15) is 0 Å². The Balaban J connectivity index is 2.66. The summed E-state index contributed by atoms with van der Waals surface area (Å²) in [5.41, 5.74) is 2.08. The van der Waals surface area contributed by atoms with Gasteiger partial charge < -0.3 is 5.32 Å². The third kappa shape index (κ3) is 1.70. The van der Waals surface area contributed by atoms with Crippen LogP contribution in [-0.4, -0.2) is 12.0 Å². The summed E-state index contributed by atoms with van der Waals surface area (Å²) in [5.74, 6) is 2.72. The molecule has 1 N–H and O–H groups in total. The molecule has 0 aliphatic carbocycles. The fourth-order valence-electron chi connectivity index (χ4n) is 1.71. The highest BCUT2D eigenvalue weighted by Gasteiger charge is 2.08. The quantitative estimate of drug-likeness (QED) is 0.744. The number of fused-ring (bicyclic) bond motifs is 1. The molecule has 15 heavy (non-hydrogen) atoms. The second-order valence-electron chi connectivity index (χ2n) is 3.31. The summed E-state index contributed by atoms with van der Waals surface area (Å²) in [5, 5.41) is 4.20. The monoisotopic (exact) mass is 196 g/mol. The summed E-state index contributed by atoms with van der Waals surface area (Å²) in [6.07, 6.45) is 7.26. The molecule has 0 saturated carbocycles. The lowest BCUT2D eigenvalue weighted by atomic mass is 10.0. The molecule has 1 atom stereocenters. The molecule has 0 fully saturated rings. The molecule has 1 heterocycles. The van der Waals surface area contributed by atoms with E-state index in [1.807, 2.05) is 37.4 Å². The fourth-order valence-corrected chi connectivity index (χ4v) is 1.71. The van der Waals surface area contributed by atoms with Crippen LogP contribution in [0.25, 0.3) is 10.9 Å². The summed E-state index contributed by atoms with van der Waals surface area (Å²) >= 11 is 0. The Hall–Kier alpha value is -1.85. The molecule has 2 aromatic rings. The molecule has 2 rings (SSSR count). The molecular weight excluding hydrogens is 184 g/mol. The van der Waals surface area contributed by atoms with Crippen molar-refractivity contribution in [1.29, 1.82) is 0 Å². The van der Waals surface area contributed by atoms with Crippen molar-refractivity contribution in [2.24, 2.45) is 0 Å². The molecule has 0 aliphatic rings. The minimum Gasteiger partial charge on any atom is -0.303 e. The van der Waals surface area contributed by atoms with Crippen molar-refractivity contribution in [2.75, 3.05) is 7.05 Å². The van der Waals surface area contributed by atoms with Crippen LogP contribution < -0.4 is 5.32 Å². The largest absolute Gasteiger partial charge is 0.303 e. The number of terminal acetylenes is 1. The summed E-state index contributed by atoms with van der Waals surface area (Å²) < 4.78 is 0. The first-order valence-electron chi connectivity index (χ1n) is 4.84.